The summed E-state index contributed by atoms with van der Waals surface area (Å²) in [7, 11) is 0. The Hall–Kier alpha value is -1.60. The Bertz CT molecular complexity index is 567. The van der Waals surface area contributed by atoms with Crippen molar-refractivity contribution in [2.24, 2.45) is 5.73 Å². The van der Waals surface area contributed by atoms with E-state index in [-0.39, 0.29) is 34.7 Å². The first-order valence-electron chi connectivity index (χ1n) is 8.19. The number of likely N-dealkylation sites (tertiary alicyclic amines) is 1. The van der Waals surface area contributed by atoms with Crippen LogP contribution in [0, 0.1) is 5.82 Å². The summed E-state index contributed by atoms with van der Waals surface area (Å²) in [6.07, 6.45) is 3.06. The third-order valence-electron chi connectivity index (χ3n) is 4.12. The largest absolute Gasteiger partial charge is 0.337 e. The molecule has 1 aromatic carbocycles. The van der Waals surface area contributed by atoms with E-state index < -0.39 is 0 Å². The van der Waals surface area contributed by atoms with Crippen LogP contribution in [0.1, 0.15) is 26.2 Å². The molecule has 1 aliphatic heterocycles. The highest BCUT2D eigenvalue weighted by molar-refractivity contribution is 8.01. The third kappa shape index (κ3) is 5.21. The molecule has 0 radical (unpaired) electrons. The molecule has 3 N–H and O–H groups in total. The average molecular weight is 353 g/mol. The van der Waals surface area contributed by atoms with E-state index in [1.165, 1.54) is 36.0 Å². The fraction of sp³-hybridized carbons (Fsp3) is 0.529. The van der Waals surface area contributed by atoms with Crippen molar-refractivity contribution in [3.05, 3.63) is 30.1 Å². The Morgan fingerprint density at radius 1 is 1.38 bits per heavy atom. The van der Waals surface area contributed by atoms with Gasteiger partial charge >= 0.3 is 0 Å². The molecule has 0 spiro atoms. The molecular formula is C17H24FN3O2S. The summed E-state index contributed by atoms with van der Waals surface area (Å²) in [5.41, 5.74) is 6.30. The normalized spacial score (nSPS) is 19.0. The number of carbonyl (C=O) groups is 2. The van der Waals surface area contributed by atoms with E-state index in [0.717, 1.165) is 25.8 Å². The first kappa shape index (κ1) is 18.7. The molecule has 24 heavy (non-hydrogen) atoms. The fourth-order valence-corrected chi connectivity index (χ4v) is 3.52. The molecule has 0 aliphatic carbocycles. The van der Waals surface area contributed by atoms with Crippen LogP contribution in [0.4, 0.5) is 10.1 Å². The minimum absolute atomic E-state index is 0.0460. The number of hydrogen-bond donors (Lipinski definition) is 2. The number of piperidine rings is 1. The first-order valence-corrected chi connectivity index (χ1v) is 9.23. The van der Waals surface area contributed by atoms with Crippen molar-refractivity contribution >= 4 is 29.3 Å². The molecule has 1 aromatic rings. The van der Waals surface area contributed by atoms with Crippen LogP contribution in [-0.2, 0) is 9.59 Å². The standard InChI is InChI=1S/C17H24FN3O2S/c1-12(17(23)21-9-3-2-4-15(21)10-19)24-11-16(22)20-14-7-5-13(18)6-8-14/h5-8,12,15H,2-4,9-11,19H2,1H3,(H,20,22). The summed E-state index contributed by atoms with van der Waals surface area (Å²) in [4.78, 5) is 26.4. The van der Waals surface area contributed by atoms with Crippen molar-refractivity contribution in [3.8, 4) is 0 Å². The molecule has 2 amide bonds. The van der Waals surface area contributed by atoms with Crippen LogP contribution in [0.15, 0.2) is 24.3 Å². The number of thioether (sulfide) groups is 1. The van der Waals surface area contributed by atoms with E-state index in [1.807, 2.05) is 11.8 Å². The number of amides is 2. The smallest absolute Gasteiger partial charge is 0.235 e. The topological polar surface area (TPSA) is 75.4 Å². The van der Waals surface area contributed by atoms with Gasteiger partial charge in [0.1, 0.15) is 5.82 Å². The predicted molar refractivity (Wildman–Crippen MR) is 95.4 cm³/mol. The van der Waals surface area contributed by atoms with E-state index >= 15 is 0 Å². The van der Waals surface area contributed by atoms with Crippen molar-refractivity contribution in [3.63, 3.8) is 0 Å². The number of nitrogens with two attached hydrogens (primary N) is 1. The average Bonchev–Trinajstić information content (AvgIpc) is 2.61. The zero-order valence-corrected chi connectivity index (χ0v) is 14.7. The molecule has 2 unspecified atom stereocenters. The number of hydrogen-bond acceptors (Lipinski definition) is 4. The highest BCUT2D eigenvalue weighted by Crippen LogP contribution is 2.21. The lowest BCUT2D eigenvalue weighted by Crippen LogP contribution is -2.50. The summed E-state index contributed by atoms with van der Waals surface area (Å²) in [6.45, 7) is 3.04. The van der Waals surface area contributed by atoms with Gasteiger partial charge < -0.3 is 16.0 Å². The molecule has 1 heterocycles. The van der Waals surface area contributed by atoms with Gasteiger partial charge in [-0.1, -0.05) is 0 Å². The van der Waals surface area contributed by atoms with Crippen molar-refractivity contribution in [2.45, 2.75) is 37.5 Å². The van der Waals surface area contributed by atoms with Gasteiger partial charge in [0.2, 0.25) is 11.8 Å². The fourth-order valence-electron chi connectivity index (χ4n) is 2.77. The second-order valence-corrected chi connectivity index (χ2v) is 7.25. The molecule has 2 atom stereocenters. The van der Waals surface area contributed by atoms with Crippen LogP contribution in [0.2, 0.25) is 0 Å². The number of halogens is 1. The second-order valence-electron chi connectivity index (χ2n) is 5.93. The van der Waals surface area contributed by atoms with Crippen LogP contribution in [0.25, 0.3) is 0 Å². The molecule has 1 saturated heterocycles. The number of benzene rings is 1. The number of nitrogens with zero attached hydrogens (tertiary/aromatic N) is 1. The molecule has 0 aromatic heterocycles. The monoisotopic (exact) mass is 353 g/mol. The van der Waals surface area contributed by atoms with Gasteiger partial charge in [0.25, 0.3) is 0 Å². The van der Waals surface area contributed by atoms with Gasteiger partial charge in [0.15, 0.2) is 0 Å². The van der Waals surface area contributed by atoms with Crippen LogP contribution in [0.3, 0.4) is 0 Å². The van der Waals surface area contributed by atoms with E-state index in [1.54, 1.807) is 0 Å². The Morgan fingerprint density at radius 3 is 2.75 bits per heavy atom. The lowest BCUT2D eigenvalue weighted by molar-refractivity contribution is -0.133. The second kappa shape index (κ2) is 9.03. The van der Waals surface area contributed by atoms with E-state index in [2.05, 4.69) is 5.32 Å². The molecule has 2 rings (SSSR count). The highest BCUT2D eigenvalue weighted by atomic mass is 32.2. The minimum atomic E-state index is -0.349. The molecule has 0 saturated carbocycles. The van der Waals surface area contributed by atoms with E-state index in [9.17, 15) is 14.0 Å². The number of nitrogens with one attached hydrogen (secondary N) is 1. The molecule has 132 valence electrons. The number of rotatable bonds is 6. The van der Waals surface area contributed by atoms with Crippen LogP contribution in [0.5, 0.6) is 0 Å². The van der Waals surface area contributed by atoms with E-state index in [4.69, 9.17) is 5.73 Å². The Morgan fingerprint density at radius 2 is 2.08 bits per heavy atom. The maximum Gasteiger partial charge on any atom is 0.235 e. The van der Waals surface area contributed by atoms with Gasteiger partial charge in [0, 0.05) is 24.8 Å². The molecule has 0 bridgehead atoms. The number of anilines is 1. The molecule has 1 fully saturated rings. The predicted octanol–water partition coefficient (Wildman–Crippen LogP) is 2.23. The Labute approximate surface area is 146 Å². The van der Waals surface area contributed by atoms with Crippen molar-refractivity contribution < 1.29 is 14.0 Å². The van der Waals surface area contributed by atoms with Crippen molar-refractivity contribution in [1.29, 1.82) is 0 Å². The van der Waals surface area contributed by atoms with Crippen LogP contribution >= 0.6 is 11.8 Å². The maximum absolute atomic E-state index is 12.8. The van der Waals surface area contributed by atoms with Gasteiger partial charge in [-0.25, -0.2) is 4.39 Å². The van der Waals surface area contributed by atoms with Gasteiger partial charge in [-0.2, -0.15) is 0 Å². The summed E-state index contributed by atoms with van der Waals surface area (Å²) >= 11 is 1.30. The van der Waals surface area contributed by atoms with Gasteiger partial charge in [-0.3, -0.25) is 9.59 Å². The minimum Gasteiger partial charge on any atom is -0.337 e. The van der Waals surface area contributed by atoms with Crippen molar-refractivity contribution in [2.75, 3.05) is 24.2 Å². The SMILES string of the molecule is CC(SCC(=O)Nc1ccc(F)cc1)C(=O)N1CCCCC1CN. The van der Waals surface area contributed by atoms with Gasteiger partial charge in [-0.05, 0) is 50.5 Å². The quantitative estimate of drug-likeness (QED) is 0.822. The summed E-state index contributed by atoms with van der Waals surface area (Å²) in [6, 6.07) is 5.71. The first-order chi connectivity index (χ1) is 11.5. The zero-order valence-electron chi connectivity index (χ0n) is 13.8. The molecule has 5 nitrogen and oxygen atoms in total. The molecular weight excluding hydrogens is 329 g/mol. The number of carbonyl (C=O) groups excluding carboxylic acids is 2. The summed E-state index contributed by atoms with van der Waals surface area (Å²) in [5, 5.41) is 2.40. The Kier molecular flexibility index (Phi) is 7.05. The van der Waals surface area contributed by atoms with Gasteiger partial charge in [0.05, 0.1) is 11.0 Å². The molecule has 1 aliphatic rings. The lowest BCUT2D eigenvalue weighted by atomic mass is 10.0. The van der Waals surface area contributed by atoms with Crippen LogP contribution in [-0.4, -0.2) is 46.8 Å². The maximum atomic E-state index is 12.8. The molecule has 7 heteroatoms. The summed E-state index contributed by atoms with van der Waals surface area (Å²) in [5.74, 6) is -0.339. The highest BCUT2D eigenvalue weighted by Gasteiger charge is 2.29. The van der Waals surface area contributed by atoms with E-state index in [0.29, 0.717) is 12.2 Å². The Balaban J connectivity index is 1.80. The third-order valence-corrected chi connectivity index (χ3v) is 5.25. The van der Waals surface area contributed by atoms with Crippen molar-refractivity contribution in [1.82, 2.24) is 4.90 Å². The lowest BCUT2D eigenvalue weighted by Gasteiger charge is -2.36. The zero-order chi connectivity index (χ0) is 17.5. The summed E-state index contributed by atoms with van der Waals surface area (Å²) < 4.78 is 12.8. The van der Waals surface area contributed by atoms with Crippen LogP contribution < -0.4 is 11.1 Å². The van der Waals surface area contributed by atoms with Gasteiger partial charge in [-0.15, -0.1) is 11.8 Å².